The van der Waals surface area contributed by atoms with Gasteiger partial charge in [0.25, 0.3) is 12.3 Å². The molecule has 2 N–H and O–H groups in total. The van der Waals surface area contributed by atoms with Crippen LogP contribution in [0.5, 0.6) is 5.75 Å². The number of likely N-dealkylation sites (tertiary alicyclic amines) is 1. The molecule has 1 fully saturated rings. The molecular formula is C22H23ClF2N6O4S. The first-order chi connectivity index (χ1) is 16.9. The number of rotatable bonds is 9. The number of alkyl halides is 2. The van der Waals surface area contributed by atoms with Gasteiger partial charge in [-0.2, -0.15) is 0 Å². The van der Waals surface area contributed by atoms with Crippen LogP contribution < -0.4 is 14.8 Å². The van der Waals surface area contributed by atoms with E-state index in [0.29, 0.717) is 5.75 Å². The van der Waals surface area contributed by atoms with E-state index in [0.717, 1.165) is 19.3 Å². The summed E-state index contributed by atoms with van der Waals surface area (Å²) >= 11 is 6.04. The van der Waals surface area contributed by atoms with Crippen molar-refractivity contribution in [1.29, 1.82) is 0 Å². The number of ether oxygens (including phenoxy) is 1. The van der Waals surface area contributed by atoms with Crippen LogP contribution in [-0.2, 0) is 16.6 Å². The molecule has 1 amide bonds. The maximum atomic E-state index is 13.2. The molecule has 0 saturated carbocycles. The smallest absolute Gasteiger partial charge is 0.257 e. The van der Waals surface area contributed by atoms with Gasteiger partial charge in [0, 0.05) is 30.0 Å². The minimum Gasteiger partial charge on any atom is -0.485 e. The molecule has 1 aliphatic heterocycles. The lowest BCUT2D eigenvalue weighted by molar-refractivity contribution is 0.0383. The van der Waals surface area contributed by atoms with Crippen LogP contribution >= 0.6 is 11.6 Å². The van der Waals surface area contributed by atoms with Crippen LogP contribution in [0.25, 0.3) is 11.5 Å². The number of aromatic nitrogens is 3. The van der Waals surface area contributed by atoms with Gasteiger partial charge < -0.3 is 14.6 Å². The number of nitrogens with one attached hydrogen (secondary N) is 2. The number of amides is 1. The van der Waals surface area contributed by atoms with Gasteiger partial charge in [-0.15, -0.1) is 0 Å². The van der Waals surface area contributed by atoms with E-state index in [1.807, 2.05) is 7.05 Å². The second kappa shape index (κ2) is 10.4. The van der Waals surface area contributed by atoms with E-state index in [2.05, 4.69) is 24.9 Å². The summed E-state index contributed by atoms with van der Waals surface area (Å²) in [4.78, 5) is 23.4. The maximum Gasteiger partial charge on any atom is 0.257 e. The average molecular weight is 541 g/mol. The maximum absolute atomic E-state index is 13.2. The molecule has 36 heavy (non-hydrogen) atoms. The molecule has 0 radical (unpaired) electrons. The van der Waals surface area contributed by atoms with Crippen molar-refractivity contribution < 1.29 is 26.7 Å². The molecule has 0 unspecified atom stereocenters. The molecule has 3 aromatic rings. The molecule has 1 saturated heterocycles. The zero-order valence-electron chi connectivity index (χ0n) is 19.3. The summed E-state index contributed by atoms with van der Waals surface area (Å²) in [5, 5.41) is 2.77. The average Bonchev–Trinajstić information content (AvgIpc) is 3.14. The number of benzene rings is 1. The lowest BCUT2D eigenvalue weighted by Crippen LogP contribution is -2.51. The molecule has 1 aliphatic rings. The van der Waals surface area contributed by atoms with E-state index < -0.39 is 28.9 Å². The van der Waals surface area contributed by atoms with Gasteiger partial charge in [-0.25, -0.2) is 27.2 Å². The van der Waals surface area contributed by atoms with Crippen molar-refractivity contribution in [2.45, 2.75) is 19.1 Å². The summed E-state index contributed by atoms with van der Waals surface area (Å²) in [6, 6.07) is 5.58. The van der Waals surface area contributed by atoms with E-state index in [-0.39, 0.29) is 39.6 Å². The van der Waals surface area contributed by atoms with Crippen LogP contribution in [0.4, 0.5) is 20.2 Å². The Balaban J connectivity index is 1.55. The van der Waals surface area contributed by atoms with Gasteiger partial charge in [-0.05, 0) is 31.3 Å². The van der Waals surface area contributed by atoms with Gasteiger partial charge in [-0.1, -0.05) is 11.6 Å². The topological polar surface area (TPSA) is 118 Å². The van der Waals surface area contributed by atoms with Crippen molar-refractivity contribution in [2.24, 2.45) is 0 Å². The van der Waals surface area contributed by atoms with E-state index in [9.17, 15) is 22.0 Å². The van der Waals surface area contributed by atoms with Crippen LogP contribution in [0.1, 0.15) is 10.4 Å². The third-order valence-corrected chi connectivity index (χ3v) is 5.97. The molecule has 0 atom stereocenters. The molecule has 10 nitrogen and oxygen atoms in total. The Morgan fingerprint density at radius 2 is 1.86 bits per heavy atom. The first-order valence-electron chi connectivity index (χ1n) is 10.7. The van der Waals surface area contributed by atoms with E-state index in [4.69, 9.17) is 16.3 Å². The first kappa shape index (κ1) is 25.8. The van der Waals surface area contributed by atoms with Gasteiger partial charge in [0.15, 0.2) is 11.6 Å². The van der Waals surface area contributed by atoms with Crippen LogP contribution in [-0.4, -0.2) is 72.7 Å². The minimum atomic E-state index is -3.57. The Bertz CT molecular complexity index is 1360. The summed E-state index contributed by atoms with van der Waals surface area (Å²) in [6.07, 6.45) is 2.54. The van der Waals surface area contributed by atoms with Crippen molar-refractivity contribution >= 4 is 38.9 Å². The van der Waals surface area contributed by atoms with Gasteiger partial charge in [-0.3, -0.25) is 14.4 Å². The monoisotopic (exact) mass is 540 g/mol. The predicted octanol–water partition coefficient (Wildman–Crippen LogP) is 3.18. The summed E-state index contributed by atoms with van der Waals surface area (Å²) < 4.78 is 58.7. The molecule has 192 valence electrons. The second-order valence-electron chi connectivity index (χ2n) is 8.42. The molecular weight excluding hydrogens is 518 g/mol. The highest BCUT2D eigenvalue weighted by atomic mass is 35.5. The molecule has 14 heteroatoms. The molecule has 4 rings (SSSR count). The Hall–Kier alpha value is -3.29. The van der Waals surface area contributed by atoms with Crippen molar-refractivity contribution in [1.82, 2.24) is 19.4 Å². The fourth-order valence-corrected chi connectivity index (χ4v) is 4.46. The summed E-state index contributed by atoms with van der Waals surface area (Å²) in [7, 11) is -1.59. The highest BCUT2D eigenvalue weighted by molar-refractivity contribution is 7.92. The van der Waals surface area contributed by atoms with E-state index in [1.165, 1.54) is 47.4 Å². The van der Waals surface area contributed by atoms with Crippen LogP contribution in [0.3, 0.4) is 0 Å². The fraction of sp³-hybridized carbons (Fsp3) is 0.318. The lowest BCUT2D eigenvalue weighted by Gasteiger charge is -2.35. The summed E-state index contributed by atoms with van der Waals surface area (Å²) in [5.74, 6) is -0.0117. The molecule has 1 aromatic carbocycles. The number of hydrogen-bond acceptors (Lipinski definition) is 7. The molecule has 3 heterocycles. The standard InChI is InChI=1S/C22H23ClF2N6O4S/c1-30-10-18(11-30)35-17-7-26-21(27-8-17)19-3-13(9-31(19)12-20(24)25)22(32)28-15-4-14(23)5-16(6-15)29-36(2,33)34/h3-9,18,20,29H,10-12H2,1-2H3,(H,28,32). The highest BCUT2D eigenvalue weighted by Gasteiger charge is 2.25. The molecule has 0 bridgehead atoms. The zero-order chi connectivity index (χ0) is 26.0. The second-order valence-corrected chi connectivity index (χ2v) is 10.6. The van der Waals surface area contributed by atoms with E-state index >= 15 is 0 Å². The van der Waals surface area contributed by atoms with Crippen molar-refractivity contribution in [3.8, 4) is 17.3 Å². The van der Waals surface area contributed by atoms with E-state index in [1.54, 1.807) is 0 Å². The Kier molecular flexibility index (Phi) is 7.43. The SMILES string of the molecule is CN1CC(Oc2cnc(-c3cc(C(=O)Nc4cc(Cl)cc(NS(C)(=O)=O)c4)cn3CC(F)F)nc2)C1. The normalized spacial score (nSPS) is 14.5. The predicted molar refractivity (Wildman–Crippen MR) is 131 cm³/mol. The van der Waals surface area contributed by atoms with Gasteiger partial charge >= 0.3 is 0 Å². The molecule has 0 spiro atoms. The first-order valence-corrected chi connectivity index (χ1v) is 13.0. The van der Waals surface area contributed by atoms with Crippen molar-refractivity contribution in [3.05, 3.63) is 53.4 Å². The van der Waals surface area contributed by atoms with Gasteiger partial charge in [0.05, 0.1) is 42.1 Å². The number of likely N-dealkylation sites (N-methyl/N-ethyl adjacent to an activating group) is 1. The number of sulfonamides is 1. The summed E-state index contributed by atoms with van der Waals surface area (Å²) in [5.41, 5.74) is 0.660. The largest absolute Gasteiger partial charge is 0.485 e. The third-order valence-electron chi connectivity index (χ3n) is 5.14. The Morgan fingerprint density at radius 1 is 1.19 bits per heavy atom. The number of hydrogen-bond donors (Lipinski definition) is 2. The Morgan fingerprint density at radius 3 is 2.47 bits per heavy atom. The Labute approximate surface area is 211 Å². The quantitative estimate of drug-likeness (QED) is 0.428. The van der Waals surface area contributed by atoms with Crippen molar-refractivity contribution in [3.63, 3.8) is 0 Å². The third kappa shape index (κ3) is 6.68. The number of nitrogens with zero attached hydrogens (tertiary/aromatic N) is 4. The highest BCUT2D eigenvalue weighted by Crippen LogP contribution is 2.26. The van der Waals surface area contributed by atoms with Crippen LogP contribution in [0.2, 0.25) is 5.02 Å². The van der Waals surface area contributed by atoms with Gasteiger partial charge in [0.2, 0.25) is 10.0 Å². The number of carbonyl (C=O) groups excluding carboxylic acids is 1. The molecule has 0 aliphatic carbocycles. The van der Waals surface area contributed by atoms with Crippen LogP contribution in [0, 0.1) is 0 Å². The molecule has 2 aromatic heterocycles. The summed E-state index contributed by atoms with van der Waals surface area (Å²) in [6.45, 7) is 0.907. The van der Waals surface area contributed by atoms with Crippen LogP contribution in [0.15, 0.2) is 42.9 Å². The lowest BCUT2D eigenvalue weighted by atomic mass is 10.2. The fourth-order valence-electron chi connectivity index (χ4n) is 3.68. The number of carbonyl (C=O) groups is 1. The van der Waals surface area contributed by atoms with Crippen molar-refractivity contribution in [2.75, 3.05) is 36.4 Å². The van der Waals surface area contributed by atoms with Gasteiger partial charge in [0.1, 0.15) is 6.10 Å². The zero-order valence-corrected chi connectivity index (χ0v) is 20.9. The minimum absolute atomic E-state index is 0.0436. The number of anilines is 2. The number of halogens is 3.